The van der Waals surface area contributed by atoms with E-state index in [-0.39, 0.29) is 5.91 Å². The predicted molar refractivity (Wildman–Crippen MR) is 130 cm³/mol. The summed E-state index contributed by atoms with van der Waals surface area (Å²) >= 11 is 1.94. The van der Waals surface area contributed by atoms with Crippen LogP contribution < -0.4 is 5.32 Å². The third kappa shape index (κ3) is 5.49. The molecule has 0 unspecified atom stereocenters. The Morgan fingerprint density at radius 2 is 1.97 bits per heavy atom. The van der Waals surface area contributed by atoms with Gasteiger partial charge in [-0.3, -0.25) is 9.69 Å². The Kier molecular flexibility index (Phi) is 7.30. The van der Waals surface area contributed by atoms with E-state index in [0.717, 1.165) is 46.9 Å². The fourth-order valence-corrected chi connectivity index (χ4v) is 5.21. The summed E-state index contributed by atoms with van der Waals surface area (Å²) in [5.74, 6) is 2.95. The molecule has 4 rings (SSSR count). The molecule has 1 aromatic heterocycles. The largest absolute Gasteiger partial charge is 0.355 e. The summed E-state index contributed by atoms with van der Waals surface area (Å²) < 4.78 is 0. The van der Waals surface area contributed by atoms with Gasteiger partial charge in [-0.15, -0.1) is 0 Å². The van der Waals surface area contributed by atoms with Crippen molar-refractivity contribution in [1.82, 2.24) is 20.2 Å². The Balaban J connectivity index is 1.30. The highest BCUT2D eigenvalue weighted by Crippen LogP contribution is 2.22. The molecule has 0 spiro atoms. The Labute approximate surface area is 189 Å². The van der Waals surface area contributed by atoms with Crippen LogP contribution in [-0.4, -0.2) is 46.7 Å². The van der Waals surface area contributed by atoms with Crippen LogP contribution in [0.3, 0.4) is 0 Å². The van der Waals surface area contributed by atoms with Gasteiger partial charge in [-0.05, 0) is 61.7 Å². The highest BCUT2D eigenvalue weighted by atomic mass is 32.2. The van der Waals surface area contributed by atoms with Crippen molar-refractivity contribution in [3.63, 3.8) is 0 Å². The Hall–Kier alpha value is -2.31. The third-order valence-electron chi connectivity index (χ3n) is 6.03. The van der Waals surface area contributed by atoms with Gasteiger partial charge in [0.15, 0.2) is 0 Å². The zero-order valence-electron chi connectivity index (χ0n) is 18.5. The van der Waals surface area contributed by atoms with E-state index >= 15 is 0 Å². The normalized spacial score (nSPS) is 14.8. The molecule has 1 amide bonds. The standard InChI is InChI=1S/C25H32N4OS/c1-18-21(25(30)26-2)9-10-22-24(18)28-23(27-22)11-14-31-17-20-8-6-7-19(15-20)16-29-12-4-3-5-13-29/h6-10,15H,3-5,11-14,16-17H2,1-2H3,(H,26,30)(H,27,28). The van der Waals surface area contributed by atoms with E-state index in [1.165, 1.54) is 43.5 Å². The number of amides is 1. The van der Waals surface area contributed by atoms with Crippen molar-refractivity contribution in [2.45, 2.75) is 44.9 Å². The molecule has 1 fully saturated rings. The Bertz CT molecular complexity index is 1040. The average Bonchev–Trinajstić information content (AvgIpc) is 3.21. The molecule has 0 atom stereocenters. The number of aryl methyl sites for hydroxylation is 2. The van der Waals surface area contributed by atoms with Gasteiger partial charge in [-0.2, -0.15) is 11.8 Å². The number of rotatable bonds is 8. The van der Waals surface area contributed by atoms with Gasteiger partial charge >= 0.3 is 0 Å². The van der Waals surface area contributed by atoms with Gasteiger partial charge in [-0.1, -0.05) is 30.7 Å². The molecule has 2 heterocycles. The van der Waals surface area contributed by atoms with Gasteiger partial charge in [0.2, 0.25) is 0 Å². The number of thioether (sulfide) groups is 1. The number of aromatic amines is 1. The lowest BCUT2D eigenvalue weighted by Crippen LogP contribution is -2.29. The van der Waals surface area contributed by atoms with Crippen LogP contribution in [0.5, 0.6) is 0 Å². The minimum absolute atomic E-state index is 0.0676. The second-order valence-electron chi connectivity index (χ2n) is 8.36. The molecule has 3 aromatic rings. The number of benzene rings is 2. The molecule has 31 heavy (non-hydrogen) atoms. The molecule has 1 saturated heterocycles. The minimum atomic E-state index is -0.0676. The first-order valence-corrected chi connectivity index (χ1v) is 12.4. The van der Waals surface area contributed by atoms with Gasteiger partial charge in [0.05, 0.1) is 11.0 Å². The van der Waals surface area contributed by atoms with Gasteiger partial charge < -0.3 is 10.3 Å². The number of carbonyl (C=O) groups is 1. The third-order valence-corrected chi connectivity index (χ3v) is 7.06. The van der Waals surface area contributed by atoms with E-state index in [1.807, 2.05) is 30.8 Å². The van der Waals surface area contributed by atoms with Crippen LogP contribution in [0.2, 0.25) is 0 Å². The highest BCUT2D eigenvalue weighted by molar-refractivity contribution is 7.98. The van der Waals surface area contributed by atoms with Crippen LogP contribution in [0.4, 0.5) is 0 Å². The first-order valence-electron chi connectivity index (χ1n) is 11.2. The van der Waals surface area contributed by atoms with E-state index < -0.39 is 0 Å². The van der Waals surface area contributed by atoms with Crippen molar-refractivity contribution in [2.75, 3.05) is 25.9 Å². The molecule has 0 saturated carbocycles. The fraction of sp³-hybridized carbons (Fsp3) is 0.440. The average molecular weight is 437 g/mol. The summed E-state index contributed by atoms with van der Waals surface area (Å²) in [6.45, 7) is 5.51. The monoisotopic (exact) mass is 436 g/mol. The van der Waals surface area contributed by atoms with Crippen LogP contribution in [0, 0.1) is 6.92 Å². The van der Waals surface area contributed by atoms with Gasteiger partial charge in [0, 0.05) is 37.1 Å². The summed E-state index contributed by atoms with van der Waals surface area (Å²) in [6, 6.07) is 12.9. The van der Waals surface area contributed by atoms with Gasteiger partial charge in [0.25, 0.3) is 5.91 Å². The van der Waals surface area contributed by atoms with E-state index in [0.29, 0.717) is 5.56 Å². The number of fused-ring (bicyclic) bond motifs is 1. The van der Waals surface area contributed by atoms with E-state index in [4.69, 9.17) is 4.98 Å². The lowest BCUT2D eigenvalue weighted by molar-refractivity contribution is 0.0962. The molecule has 1 aliphatic rings. The van der Waals surface area contributed by atoms with Crippen LogP contribution in [0.1, 0.15) is 52.1 Å². The minimum Gasteiger partial charge on any atom is -0.355 e. The maximum Gasteiger partial charge on any atom is 0.251 e. The lowest BCUT2D eigenvalue weighted by atomic mass is 10.1. The number of likely N-dealkylation sites (tertiary alicyclic amines) is 1. The van der Waals surface area contributed by atoms with Crippen LogP contribution in [0.25, 0.3) is 11.0 Å². The molecule has 2 aromatic carbocycles. The van der Waals surface area contributed by atoms with Crippen molar-refractivity contribution < 1.29 is 4.79 Å². The molecule has 0 radical (unpaired) electrons. The van der Waals surface area contributed by atoms with Crippen LogP contribution >= 0.6 is 11.8 Å². The lowest BCUT2D eigenvalue weighted by Gasteiger charge is -2.26. The SMILES string of the molecule is CNC(=O)c1ccc2[nH]c(CCSCc3cccc(CN4CCCCC4)c3)nc2c1C. The number of aromatic nitrogens is 2. The number of imidazole rings is 1. The zero-order chi connectivity index (χ0) is 21.6. The van der Waals surface area contributed by atoms with Crippen molar-refractivity contribution in [3.05, 3.63) is 64.5 Å². The molecular weight excluding hydrogens is 404 g/mol. The van der Waals surface area contributed by atoms with E-state index in [1.54, 1.807) is 7.05 Å². The maximum atomic E-state index is 12.0. The fourth-order valence-electron chi connectivity index (χ4n) is 4.31. The molecule has 6 heteroatoms. The molecule has 0 aliphatic carbocycles. The van der Waals surface area contributed by atoms with Crippen molar-refractivity contribution >= 4 is 28.7 Å². The van der Waals surface area contributed by atoms with Crippen LogP contribution in [0.15, 0.2) is 36.4 Å². The van der Waals surface area contributed by atoms with E-state index in [2.05, 4.69) is 39.5 Å². The Morgan fingerprint density at radius 3 is 2.77 bits per heavy atom. The number of nitrogens with one attached hydrogen (secondary N) is 2. The van der Waals surface area contributed by atoms with Crippen molar-refractivity contribution in [2.24, 2.45) is 0 Å². The summed E-state index contributed by atoms with van der Waals surface area (Å²) in [6.07, 6.45) is 4.95. The number of hydrogen-bond acceptors (Lipinski definition) is 4. The number of nitrogens with zero attached hydrogens (tertiary/aromatic N) is 2. The van der Waals surface area contributed by atoms with E-state index in [9.17, 15) is 4.79 Å². The van der Waals surface area contributed by atoms with Gasteiger partial charge in [-0.25, -0.2) is 4.98 Å². The molecule has 1 aliphatic heterocycles. The second-order valence-corrected chi connectivity index (χ2v) is 9.46. The quantitative estimate of drug-likeness (QED) is 0.503. The van der Waals surface area contributed by atoms with Crippen molar-refractivity contribution in [3.8, 4) is 0 Å². The number of H-pyrrole nitrogens is 1. The summed E-state index contributed by atoms with van der Waals surface area (Å²) in [7, 11) is 1.66. The molecular formula is C25H32N4OS. The van der Waals surface area contributed by atoms with Crippen molar-refractivity contribution in [1.29, 1.82) is 0 Å². The summed E-state index contributed by atoms with van der Waals surface area (Å²) in [5, 5.41) is 2.69. The number of piperidine rings is 1. The smallest absolute Gasteiger partial charge is 0.251 e. The summed E-state index contributed by atoms with van der Waals surface area (Å²) in [5.41, 5.74) is 6.33. The van der Waals surface area contributed by atoms with Crippen LogP contribution in [-0.2, 0) is 18.7 Å². The molecule has 2 N–H and O–H groups in total. The topological polar surface area (TPSA) is 61.0 Å². The predicted octanol–water partition coefficient (Wildman–Crippen LogP) is 4.69. The Morgan fingerprint density at radius 1 is 1.16 bits per heavy atom. The first-order chi connectivity index (χ1) is 15.1. The highest BCUT2D eigenvalue weighted by Gasteiger charge is 2.13. The van der Waals surface area contributed by atoms with Gasteiger partial charge in [0.1, 0.15) is 5.82 Å². The summed E-state index contributed by atoms with van der Waals surface area (Å²) in [4.78, 5) is 22.8. The number of carbonyl (C=O) groups excluding carboxylic acids is 1. The molecule has 5 nitrogen and oxygen atoms in total. The molecule has 164 valence electrons. The first kappa shape index (κ1) is 21.9. The maximum absolute atomic E-state index is 12.0. The zero-order valence-corrected chi connectivity index (χ0v) is 19.4. The number of hydrogen-bond donors (Lipinski definition) is 2. The second kappa shape index (κ2) is 10.3. The molecule has 0 bridgehead atoms.